The lowest BCUT2D eigenvalue weighted by molar-refractivity contribution is -0.0723. The summed E-state index contributed by atoms with van der Waals surface area (Å²) >= 11 is 0. The molecule has 0 saturated carbocycles. The minimum Gasteiger partial charge on any atom is -0.444 e. The van der Waals surface area contributed by atoms with Crippen molar-refractivity contribution in [2.24, 2.45) is 0 Å². The van der Waals surface area contributed by atoms with Crippen molar-refractivity contribution < 1.29 is 23.0 Å². The number of alkyl carbamates (subject to hydrolysis) is 1. The third kappa shape index (κ3) is 6.99. The highest BCUT2D eigenvalue weighted by molar-refractivity contribution is 5.67. The Morgan fingerprint density at radius 2 is 1.78 bits per heavy atom. The molecule has 1 heterocycles. The zero-order valence-electron chi connectivity index (χ0n) is 15.2. The molecule has 5 nitrogen and oxygen atoms in total. The Hall–Kier alpha value is -0.950. The van der Waals surface area contributed by atoms with Crippen LogP contribution in [0.5, 0.6) is 0 Å². The van der Waals surface area contributed by atoms with Crippen LogP contribution < -0.4 is 10.6 Å². The lowest BCUT2D eigenvalue weighted by Crippen LogP contribution is -2.51. The summed E-state index contributed by atoms with van der Waals surface area (Å²) in [6.07, 6.45) is -0.196. The molecule has 0 aromatic rings. The first kappa shape index (κ1) is 20.1. The van der Waals surface area contributed by atoms with Crippen LogP contribution in [0.4, 0.5) is 13.6 Å². The van der Waals surface area contributed by atoms with Gasteiger partial charge in [0.25, 0.3) is 5.92 Å². The number of carbonyl (C=O) groups is 1. The third-order valence-electron chi connectivity index (χ3n) is 3.57. The van der Waals surface area contributed by atoms with Crippen molar-refractivity contribution in [1.82, 2.24) is 10.6 Å². The fraction of sp³-hybridized carbons (Fsp3) is 0.938. The fourth-order valence-corrected chi connectivity index (χ4v) is 2.73. The molecule has 0 spiro atoms. The first-order valence-electron chi connectivity index (χ1n) is 7.90. The number of nitrogens with one attached hydrogen (secondary N) is 2. The van der Waals surface area contributed by atoms with E-state index in [2.05, 4.69) is 10.6 Å². The van der Waals surface area contributed by atoms with Gasteiger partial charge in [-0.25, -0.2) is 13.6 Å². The van der Waals surface area contributed by atoms with E-state index in [0.717, 1.165) is 0 Å². The number of hydrogen-bond donors (Lipinski definition) is 2. The minimum absolute atomic E-state index is 0.176. The average molecular weight is 336 g/mol. The van der Waals surface area contributed by atoms with E-state index < -0.39 is 36.3 Å². The van der Waals surface area contributed by atoms with Gasteiger partial charge in [0.05, 0.1) is 24.3 Å². The van der Waals surface area contributed by atoms with Gasteiger partial charge in [-0.2, -0.15) is 0 Å². The van der Waals surface area contributed by atoms with Gasteiger partial charge in [0.15, 0.2) is 0 Å². The summed E-state index contributed by atoms with van der Waals surface area (Å²) in [7, 11) is 0. The average Bonchev–Trinajstić information content (AvgIpc) is 2.50. The predicted octanol–water partition coefficient (Wildman–Crippen LogP) is 3.08. The molecule has 1 atom stereocenters. The Kier molecular flexibility index (Phi) is 5.69. The van der Waals surface area contributed by atoms with Crippen molar-refractivity contribution in [1.29, 1.82) is 0 Å². The van der Waals surface area contributed by atoms with E-state index in [4.69, 9.17) is 9.47 Å². The predicted molar refractivity (Wildman–Crippen MR) is 84.8 cm³/mol. The Morgan fingerprint density at radius 3 is 2.22 bits per heavy atom. The summed E-state index contributed by atoms with van der Waals surface area (Å²) in [5.41, 5.74) is -1.57. The van der Waals surface area contributed by atoms with E-state index >= 15 is 0 Å². The topological polar surface area (TPSA) is 59.6 Å². The normalized spacial score (nSPS) is 23.6. The molecule has 1 fully saturated rings. The van der Waals surface area contributed by atoms with Gasteiger partial charge in [0.1, 0.15) is 5.60 Å². The number of hydrogen-bond acceptors (Lipinski definition) is 4. The Labute approximate surface area is 137 Å². The minimum atomic E-state index is -3.07. The summed E-state index contributed by atoms with van der Waals surface area (Å²) in [6.45, 7) is 11.4. The van der Waals surface area contributed by atoms with Crippen LogP contribution in [0.25, 0.3) is 0 Å². The summed E-state index contributed by atoms with van der Waals surface area (Å²) in [5.74, 6) is -3.07. The van der Waals surface area contributed by atoms with Gasteiger partial charge < -0.3 is 20.1 Å². The zero-order valence-corrected chi connectivity index (χ0v) is 15.2. The molecule has 1 saturated heterocycles. The highest BCUT2D eigenvalue weighted by Crippen LogP contribution is 2.37. The highest BCUT2D eigenvalue weighted by atomic mass is 19.3. The van der Waals surface area contributed by atoms with Crippen LogP contribution in [0, 0.1) is 0 Å². The smallest absolute Gasteiger partial charge is 0.407 e. The van der Waals surface area contributed by atoms with Crippen LogP contribution in [-0.2, 0) is 9.47 Å². The van der Waals surface area contributed by atoms with Crippen molar-refractivity contribution in [3.63, 3.8) is 0 Å². The van der Waals surface area contributed by atoms with Crippen LogP contribution >= 0.6 is 0 Å². The molecule has 0 bridgehead atoms. The summed E-state index contributed by atoms with van der Waals surface area (Å²) in [5, 5.41) is 4.98. The number of alkyl halides is 2. The van der Waals surface area contributed by atoms with Crippen LogP contribution in [0.3, 0.4) is 0 Å². The molecule has 136 valence electrons. The molecular weight excluding hydrogens is 306 g/mol. The SMILES string of the molecule is CC(C)(C)OC(=O)NCC(F)(F)CNC1CC(C)(C)OC1(C)C. The maximum atomic E-state index is 13.9. The second-order valence-corrected chi connectivity index (χ2v) is 8.31. The van der Waals surface area contributed by atoms with Crippen LogP contribution in [0.2, 0.25) is 0 Å². The van der Waals surface area contributed by atoms with Gasteiger partial charge >= 0.3 is 6.09 Å². The summed E-state index contributed by atoms with van der Waals surface area (Å²) in [4.78, 5) is 11.4. The molecule has 23 heavy (non-hydrogen) atoms. The van der Waals surface area contributed by atoms with Gasteiger partial charge in [-0.3, -0.25) is 0 Å². The Balaban J connectivity index is 2.45. The molecular formula is C16H30F2N2O3. The number of ether oxygens (including phenoxy) is 2. The first-order valence-corrected chi connectivity index (χ1v) is 7.90. The Bertz CT molecular complexity index is 432. The standard InChI is InChI=1S/C16H30F2N2O3/c1-13(2,3)22-12(21)20-10-16(17,18)9-19-11-8-14(4,5)23-15(11,6)7/h11,19H,8-10H2,1-7H3,(H,20,21). The number of rotatable bonds is 5. The van der Waals surface area contributed by atoms with Crippen molar-refractivity contribution >= 4 is 6.09 Å². The van der Waals surface area contributed by atoms with Crippen LogP contribution in [0.1, 0.15) is 54.9 Å². The van der Waals surface area contributed by atoms with Crippen LogP contribution in [0.15, 0.2) is 0 Å². The van der Waals surface area contributed by atoms with Crippen molar-refractivity contribution in [2.75, 3.05) is 13.1 Å². The number of halogens is 2. The highest BCUT2D eigenvalue weighted by Gasteiger charge is 2.46. The maximum absolute atomic E-state index is 13.9. The van der Waals surface area contributed by atoms with E-state index in [1.54, 1.807) is 20.8 Å². The molecule has 1 amide bonds. The van der Waals surface area contributed by atoms with E-state index in [1.165, 1.54) is 0 Å². The molecule has 0 aliphatic carbocycles. The van der Waals surface area contributed by atoms with E-state index in [0.29, 0.717) is 6.42 Å². The van der Waals surface area contributed by atoms with E-state index in [9.17, 15) is 13.6 Å². The Morgan fingerprint density at radius 1 is 1.22 bits per heavy atom. The lowest BCUT2D eigenvalue weighted by Gasteiger charge is -2.29. The number of carbonyl (C=O) groups excluding carboxylic acids is 1. The molecule has 0 aromatic heterocycles. The van der Waals surface area contributed by atoms with Crippen molar-refractivity contribution in [3.05, 3.63) is 0 Å². The van der Waals surface area contributed by atoms with Gasteiger partial charge in [-0.05, 0) is 54.9 Å². The second kappa shape index (κ2) is 6.51. The van der Waals surface area contributed by atoms with Crippen molar-refractivity contribution in [3.8, 4) is 0 Å². The quantitative estimate of drug-likeness (QED) is 0.810. The summed E-state index contributed by atoms with van der Waals surface area (Å²) < 4.78 is 38.7. The zero-order chi connectivity index (χ0) is 18.1. The monoisotopic (exact) mass is 336 g/mol. The van der Waals surface area contributed by atoms with Crippen molar-refractivity contribution in [2.45, 2.75) is 83.7 Å². The van der Waals surface area contributed by atoms with Gasteiger partial charge in [0.2, 0.25) is 0 Å². The fourth-order valence-electron chi connectivity index (χ4n) is 2.73. The van der Waals surface area contributed by atoms with Gasteiger partial charge in [0, 0.05) is 6.04 Å². The first-order chi connectivity index (χ1) is 10.1. The van der Waals surface area contributed by atoms with E-state index in [-0.39, 0.29) is 11.6 Å². The molecule has 7 heteroatoms. The van der Waals surface area contributed by atoms with Gasteiger partial charge in [-0.15, -0.1) is 0 Å². The number of amides is 1. The summed E-state index contributed by atoms with van der Waals surface area (Å²) in [6, 6.07) is -0.176. The molecule has 2 N–H and O–H groups in total. The van der Waals surface area contributed by atoms with E-state index in [1.807, 2.05) is 27.7 Å². The maximum Gasteiger partial charge on any atom is 0.407 e. The molecule has 0 radical (unpaired) electrons. The lowest BCUT2D eigenvalue weighted by atomic mass is 9.94. The second-order valence-electron chi connectivity index (χ2n) is 8.31. The molecule has 1 unspecified atom stereocenters. The van der Waals surface area contributed by atoms with Gasteiger partial charge in [-0.1, -0.05) is 0 Å². The molecule has 0 aromatic carbocycles. The molecule has 1 aliphatic heterocycles. The molecule has 1 aliphatic rings. The van der Waals surface area contributed by atoms with Crippen LogP contribution in [-0.4, -0.2) is 48.0 Å². The largest absolute Gasteiger partial charge is 0.444 e. The third-order valence-corrected chi connectivity index (χ3v) is 3.57. The molecule has 1 rings (SSSR count).